The van der Waals surface area contributed by atoms with Gasteiger partial charge < -0.3 is 19.9 Å². The van der Waals surface area contributed by atoms with Gasteiger partial charge in [-0.2, -0.15) is 0 Å². The molecule has 2 aromatic carbocycles. The molecule has 2 amide bonds. The molecular formula is C25H32N4O3. The summed E-state index contributed by atoms with van der Waals surface area (Å²) in [5.74, 6) is 0.310. The van der Waals surface area contributed by atoms with E-state index in [1.54, 1.807) is 12.0 Å². The van der Waals surface area contributed by atoms with E-state index in [4.69, 9.17) is 4.74 Å². The van der Waals surface area contributed by atoms with Gasteiger partial charge in [0.2, 0.25) is 11.8 Å². The van der Waals surface area contributed by atoms with Gasteiger partial charge in [0.05, 0.1) is 13.0 Å². The van der Waals surface area contributed by atoms with E-state index in [0.29, 0.717) is 13.1 Å². The van der Waals surface area contributed by atoms with Gasteiger partial charge in [0, 0.05) is 57.9 Å². The zero-order valence-electron chi connectivity index (χ0n) is 18.9. The summed E-state index contributed by atoms with van der Waals surface area (Å²) < 4.78 is 5.17. The Kier molecular flexibility index (Phi) is 7.07. The number of piperazine rings is 1. The first-order valence-electron chi connectivity index (χ1n) is 11.2. The molecule has 1 unspecified atom stereocenters. The number of nitrogens with zero attached hydrogens (tertiary/aromatic N) is 3. The van der Waals surface area contributed by atoms with Gasteiger partial charge in [-0.1, -0.05) is 24.3 Å². The smallest absolute Gasteiger partial charge is 0.227 e. The van der Waals surface area contributed by atoms with E-state index in [1.165, 1.54) is 5.56 Å². The Bertz CT molecular complexity index is 921. The first-order valence-corrected chi connectivity index (χ1v) is 11.2. The Labute approximate surface area is 189 Å². The van der Waals surface area contributed by atoms with Gasteiger partial charge in [0.25, 0.3) is 0 Å². The fourth-order valence-electron chi connectivity index (χ4n) is 4.26. The summed E-state index contributed by atoms with van der Waals surface area (Å²) in [7, 11) is 3.77. The van der Waals surface area contributed by atoms with Gasteiger partial charge in [0.1, 0.15) is 5.75 Å². The number of hydrogen-bond donors (Lipinski definition) is 1. The van der Waals surface area contributed by atoms with Gasteiger partial charge in [-0.15, -0.1) is 0 Å². The Balaban J connectivity index is 1.25. The van der Waals surface area contributed by atoms with Crippen molar-refractivity contribution in [2.75, 3.05) is 51.8 Å². The number of methoxy groups -OCH3 is 1. The molecule has 2 saturated heterocycles. The van der Waals surface area contributed by atoms with Crippen LogP contribution in [0.5, 0.6) is 5.75 Å². The van der Waals surface area contributed by atoms with Crippen LogP contribution in [0.25, 0.3) is 0 Å². The van der Waals surface area contributed by atoms with Crippen LogP contribution in [0.4, 0.5) is 5.69 Å². The quantitative estimate of drug-likeness (QED) is 0.720. The minimum absolute atomic E-state index is 0.0245. The molecule has 0 spiro atoms. The van der Waals surface area contributed by atoms with Crippen molar-refractivity contribution in [3.8, 4) is 5.75 Å². The van der Waals surface area contributed by atoms with Crippen LogP contribution in [0.1, 0.15) is 17.5 Å². The van der Waals surface area contributed by atoms with Gasteiger partial charge >= 0.3 is 0 Å². The lowest BCUT2D eigenvalue weighted by Crippen LogP contribution is -2.43. The van der Waals surface area contributed by atoms with E-state index in [-0.39, 0.29) is 24.2 Å². The van der Waals surface area contributed by atoms with Gasteiger partial charge in [-0.25, -0.2) is 0 Å². The lowest BCUT2D eigenvalue weighted by molar-refractivity contribution is -0.126. The zero-order chi connectivity index (χ0) is 22.5. The number of rotatable bonds is 7. The lowest BCUT2D eigenvalue weighted by Gasteiger charge is -2.32. The van der Waals surface area contributed by atoms with Crippen LogP contribution in [0, 0.1) is 5.92 Å². The minimum atomic E-state index is -0.332. The van der Waals surface area contributed by atoms with Crippen LogP contribution in [0.15, 0.2) is 48.5 Å². The van der Waals surface area contributed by atoms with E-state index < -0.39 is 0 Å². The molecule has 0 aliphatic carbocycles. The molecule has 4 rings (SSSR count). The maximum atomic E-state index is 12.7. The highest BCUT2D eigenvalue weighted by Crippen LogP contribution is 2.27. The van der Waals surface area contributed by atoms with Crippen LogP contribution < -0.4 is 15.0 Å². The lowest BCUT2D eigenvalue weighted by atomic mass is 10.1. The molecule has 1 N–H and O–H groups in total. The van der Waals surface area contributed by atoms with Crippen molar-refractivity contribution in [1.82, 2.24) is 15.1 Å². The molecule has 2 aliphatic heterocycles. The molecular weight excluding hydrogens is 404 g/mol. The fraction of sp³-hybridized carbons (Fsp3) is 0.440. The Morgan fingerprint density at radius 1 is 1.00 bits per heavy atom. The summed E-state index contributed by atoms with van der Waals surface area (Å²) in [5.41, 5.74) is 3.15. The summed E-state index contributed by atoms with van der Waals surface area (Å²) in [6, 6.07) is 15.8. The Hall–Kier alpha value is -2.90. The molecule has 0 radical (unpaired) electrons. The number of anilines is 1. The molecule has 1 atom stereocenters. The highest BCUT2D eigenvalue weighted by atomic mass is 16.5. The van der Waals surface area contributed by atoms with E-state index in [2.05, 4.69) is 46.4 Å². The molecule has 170 valence electrons. The van der Waals surface area contributed by atoms with Crippen molar-refractivity contribution in [2.24, 2.45) is 5.92 Å². The Morgan fingerprint density at radius 2 is 1.66 bits per heavy atom. The van der Waals surface area contributed by atoms with Crippen molar-refractivity contribution >= 4 is 17.5 Å². The predicted octanol–water partition coefficient (Wildman–Crippen LogP) is 2.11. The average Bonchev–Trinajstić information content (AvgIpc) is 3.21. The molecule has 2 heterocycles. The number of carbonyl (C=O) groups excluding carboxylic acids is 2. The number of likely N-dealkylation sites (N-methyl/N-ethyl adjacent to an activating group) is 1. The zero-order valence-corrected chi connectivity index (χ0v) is 18.9. The molecule has 2 fully saturated rings. The monoisotopic (exact) mass is 436 g/mol. The minimum Gasteiger partial charge on any atom is -0.497 e. The first-order chi connectivity index (χ1) is 15.5. The Morgan fingerprint density at radius 3 is 2.31 bits per heavy atom. The second-order valence-electron chi connectivity index (χ2n) is 8.72. The molecule has 2 aliphatic rings. The van der Waals surface area contributed by atoms with Crippen LogP contribution in [-0.2, 0) is 22.7 Å². The first kappa shape index (κ1) is 22.3. The predicted molar refractivity (Wildman–Crippen MR) is 125 cm³/mol. The summed E-state index contributed by atoms with van der Waals surface area (Å²) in [5, 5.41) is 3.00. The number of ether oxygens (including phenoxy) is 1. The third-order valence-corrected chi connectivity index (χ3v) is 6.37. The molecule has 0 saturated carbocycles. The normalized spacial score (nSPS) is 19.9. The maximum Gasteiger partial charge on any atom is 0.227 e. The van der Waals surface area contributed by atoms with Crippen molar-refractivity contribution in [3.63, 3.8) is 0 Å². The maximum absolute atomic E-state index is 12.7. The van der Waals surface area contributed by atoms with E-state index in [9.17, 15) is 9.59 Å². The second-order valence-corrected chi connectivity index (χ2v) is 8.72. The van der Waals surface area contributed by atoms with Gasteiger partial charge in [-0.3, -0.25) is 14.5 Å². The highest BCUT2D eigenvalue weighted by Gasteiger charge is 2.35. The van der Waals surface area contributed by atoms with E-state index in [0.717, 1.165) is 49.7 Å². The summed E-state index contributed by atoms with van der Waals surface area (Å²) in [6.07, 6.45) is 0.238. The van der Waals surface area contributed by atoms with Crippen molar-refractivity contribution in [1.29, 1.82) is 0 Å². The number of hydrogen-bond acceptors (Lipinski definition) is 5. The second kappa shape index (κ2) is 10.1. The number of nitrogens with one attached hydrogen (secondary N) is 1. The standard InChI is InChI=1S/C25H32N4O3/c1-27-11-13-28(14-12-27)17-20-5-3-19(4-6-20)16-26-25(31)21-15-24(30)29(18-21)22-7-9-23(32-2)10-8-22/h3-10,21H,11-18H2,1-2H3,(H,26,31). The average molecular weight is 437 g/mol. The van der Waals surface area contributed by atoms with Crippen molar-refractivity contribution in [2.45, 2.75) is 19.5 Å². The third kappa shape index (κ3) is 5.47. The highest BCUT2D eigenvalue weighted by molar-refractivity contribution is 6.00. The van der Waals surface area contributed by atoms with Crippen LogP contribution in [-0.4, -0.2) is 68.5 Å². The molecule has 2 aromatic rings. The van der Waals surface area contributed by atoms with Gasteiger partial charge in [0.15, 0.2) is 0 Å². The summed E-state index contributed by atoms with van der Waals surface area (Å²) in [6.45, 7) is 6.27. The van der Waals surface area contributed by atoms with Crippen LogP contribution in [0.2, 0.25) is 0 Å². The number of benzene rings is 2. The molecule has 7 nitrogen and oxygen atoms in total. The SMILES string of the molecule is COc1ccc(N2CC(C(=O)NCc3ccc(CN4CCN(C)CC4)cc3)CC2=O)cc1. The van der Waals surface area contributed by atoms with Crippen molar-refractivity contribution < 1.29 is 14.3 Å². The number of amides is 2. The van der Waals surface area contributed by atoms with E-state index in [1.807, 2.05) is 24.3 Å². The van der Waals surface area contributed by atoms with Crippen molar-refractivity contribution in [3.05, 3.63) is 59.7 Å². The van der Waals surface area contributed by atoms with Crippen LogP contribution >= 0.6 is 0 Å². The van der Waals surface area contributed by atoms with Gasteiger partial charge in [-0.05, 0) is 42.4 Å². The largest absolute Gasteiger partial charge is 0.497 e. The third-order valence-electron chi connectivity index (χ3n) is 6.37. The molecule has 7 heteroatoms. The topological polar surface area (TPSA) is 65.1 Å². The summed E-state index contributed by atoms with van der Waals surface area (Å²) in [4.78, 5) is 31.6. The number of carbonyl (C=O) groups is 2. The van der Waals surface area contributed by atoms with Crippen LogP contribution in [0.3, 0.4) is 0 Å². The van der Waals surface area contributed by atoms with E-state index >= 15 is 0 Å². The molecule has 0 aromatic heterocycles. The fourth-order valence-corrected chi connectivity index (χ4v) is 4.26. The summed E-state index contributed by atoms with van der Waals surface area (Å²) >= 11 is 0. The molecule has 0 bridgehead atoms. The molecule has 32 heavy (non-hydrogen) atoms.